The molecule has 1 saturated carbocycles. The first-order chi connectivity index (χ1) is 10.1. The topological polar surface area (TPSA) is 38.7 Å². The third-order valence-electron chi connectivity index (χ3n) is 4.72. The third-order valence-corrected chi connectivity index (χ3v) is 5.01. The first-order valence-corrected chi connectivity index (χ1v) is 8.24. The van der Waals surface area contributed by atoms with E-state index in [1.54, 1.807) is 13.0 Å². The van der Waals surface area contributed by atoms with Crippen molar-refractivity contribution in [2.75, 3.05) is 6.61 Å². The van der Waals surface area contributed by atoms with Crippen molar-refractivity contribution in [3.05, 3.63) is 28.8 Å². The predicted molar refractivity (Wildman–Crippen MR) is 82.9 cm³/mol. The van der Waals surface area contributed by atoms with Crippen LogP contribution in [0.2, 0.25) is 5.02 Å². The number of hydrogen-bond donors (Lipinski definition) is 1. The van der Waals surface area contributed by atoms with Crippen LogP contribution in [-0.4, -0.2) is 23.4 Å². The lowest BCUT2D eigenvalue weighted by atomic mass is 9.98. The number of rotatable bonds is 4. The summed E-state index contributed by atoms with van der Waals surface area (Å²) < 4.78 is 12.0. The second-order valence-electron chi connectivity index (χ2n) is 6.35. The minimum absolute atomic E-state index is 0.147. The lowest BCUT2D eigenvalue weighted by Gasteiger charge is -2.24. The van der Waals surface area contributed by atoms with Crippen LogP contribution in [0.25, 0.3) is 0 Å². The molecule has 1 aromatic carbocycles. The lowest BCUT2D eigenvalue weighted by molar-refractivity contribution is -0.0508. The Morgan fingerprint density at radius 2 is 2.14 bits per heavy atom. The smallest absolute Gasteiger partial charge is 0.138 e. The molecule has 2 aliphatic rings. The molecule has 1 saturated heterocycles. The molecule has 0 amide bonds. The normalized spacial score (nSPS) is 25.4. The molecule has 1 heterocycles. The van der Waals surface area contributed by atoms with Gasteiger partial charge in [0.15, 0.2) is 0 Å². The molecule has 1 N–H and O–H groups in total. The van der Waals surface area contributed by atoms with E-state index in [1.165, 1.54) is 25.7 Å². The monoisotopic (exact) mass is 310 g/mol. The van der Waals surface area contributed by atoms with Crippen LogP contribution in [0.1, 0.15) is 57.1 Å². The maximum absolute atomic E-state index is 9.54. The van der Waals surface area contributed by atoms with Gasteiger partial charge in [0.05, 0.1) is 22.8 Å². The van der Waals surface area contributed by atoms with Crippen molar-refractivity contribution in [2.45, 2.75) is 63.3 Å². The van der Waals surface area contributed by atoms with Crippen molar-refractivity contribution in [1.82, 2.24) is 0 Å². The van der Waals surface area contributed by atoms with Crippen LogP contribution in [0.15, 0.2) is 18.2 Å². The Bertz CT molecular complexity index is 495. The van der Waals surface area contributed by atoms with Crippen molar-refractivity contribution in [2.24, 2.45) is 0 Å². The average Bonchev–Trinajstić information content (AvgIpc) is 3.08. The first-order valence-electron chi connectivity index (χ1n) is 7.86. The van der Waals surface area contributed by atoms with E-state index in [-0.39, 0.29) is 11.7 Å². The molecule has 4 heteroatoms. The molecule has 0 radical (unpaired) electrons. The summed E-state index contributed by atoms with van der Waals surface area (Å²) in [7, 11) is 0. The van der Waals surface area contributed by atoms with Gasteiger partial charge in [-0.15, -0.1) is 0 Å². The maximum Gasteiger partial charge on any atom is 0.138 e. The molecule has 3 nitrogen and oxygen atoms in total. The second kappa shape index (κ2) is 6.15. The molecule has 1 aliphatic carbocycles. The predicted octanol–water partition coefficient (Wildman–Crippen LogP) is 4.26. The van der Waals surface area contributed by atoms with Gasteiger partial charge in [-0.1, -0.05) is 30.5 Å². The summed E-state index contributed by atoms with van der Waals surface area (Å²) in [6.07, 6.45) is 6.88. The highest BCUT2D eigenvalue weighted by atomic mass is 35.5. The molecule has 3 rings (SSSR count). The van der Waals surface area contributed by atoms with Gasteiger partial charge in [-0.2, -0.15) is 0 Å². The van der Waals surface area contributed by atoms with E-state index in [4.69, 9.17) is 21.1 Å². The van der Waals surface area contributed by atoms with Gasteiger partial charge in [-0.05, 0) is 50.3 Å². The summed E-state index contributed by atoms with van der Waals surface area (Å²) in [6, 6.07) is 5.43. The SMILES string of the molecule is CC(O)c1ccc(OCC2CCC3(CCCC3)O2)c(Cl)c1. The molecule has 2 atom stereocenters. The summed E-state index contributed by atoms with van der Waals surface area (Å²) in [5, 5.41) is 10.1. The maximum atomic E-state index is 9.54. The van der Waals surface area contributed by atoms with Crippen LogP contribution in [0.5, 0.6) is 5.75 Å². The van der Waals surface area contributed by atoms with Gasteiger partial charge >= 0.3 is 0 Å². The minimum atomic E-state index is -0.517. The third kappa shape index (κ3) is 3.36. The fourth-order valence-electron chi connectivity index (χ4n) is 3.48. The fourth-order valence-corrected chi connectivity index (χ4v) is 3.72. The zero-order chi connectivity index (χ0) is 14.9. The molecular formula is C17H23ClO3. The van der Waals surface area contributed by atoms with Crippen LogP contribution < -0.4 is 4.74 Å². The molecule has 1 aromatic rings. The molecule has 0 aromatic heterocycles. The van der Waals surface area contributed by atoms with E-state index in [2.05, 4.69) is 0 Å². The zero-order valence-corrected chi connectivity index (χ0v) is 13.2. The highest BCUT2D eigenvalue weighted by Gasteiger charge is 2.42. The number of aliphatic hydroxyl groups is 1. The highest BCUT2D eigenvalue weighted by molar-refractivity contribution is 6.32. The lowest BCUT2D eigenvalue weighted by Crippen LogP contribution is -2.27. The summed E-state index contributed by atoms with van der Waals surface area (Å²) >= 11 is 6.20. The van der Waals surface area contributed by atoms with Crippen molar-refractivity contribution < 1.29 is 14.6 Å². The van der Waals surface area contributed by atoms with Gasteiger partial charge in [0.2, 0.25) is 0 Å². The van der Waals surface area contributed by atoms with Crippen molar-refractivity contribution in [1.29, 1.82) is 0 Å². The number of hydrogen-bond acceptors (Lipinski definition) is 3. The fraction of sp³-hybridized carbons (Fsp3) is 0.647. The Labute approximate surface area is 131 Å². The van der Waals surface area contributed by atoms with Crippen LogP contribution in [0.3, 0.4) is 0 Å². The van der Waals surface area contributed by atoms with Crippen molar-refractivity contribution in [3.63, 3.8) is 0 Å². The zero-order valence-electron chi connectivity index (χ0n) is 12.5. The van der Waals surface area contributed by atoms with E-state index >= 15 is 0 Å². The summed E-state index contributed by atoms with van der Waals surface area (Å²) in [6.45, 7) is 2.27. The van der Waals surface area contributed by atoms with Crippen LogP contribution in [0, 0.1) is 0 Å². The van der Waals surface area contributed by atoms with E-state index in [9.17, 15) is 5.11 Å². The highest BCUT2D eigenvalue weighted by Crippen LogP contribution is 2.43. The quantitative estimate of drug-likeness (QED) is 0.903. The van der Waals surface area contributed by atoms with Gasteiger partial charge in [-0.3, -0.25) is 0 Å². The summed E-state index contributed by atoms with van der Waals surface area (Å²) in [5.41, 5.74) is 0.947. The molecule has 2 unspecified atom stereocenters. The number of halogens is 1. The average molecular weight is 311 g/mol. The van der Waals surface area contributed by atoms with Crippen LogP contribution >= 0.6 is 11.6 Å². The van der Waals surface area contributed by atoms with Gasteiger partial charge in [-0.25, -0.2) is 0 Å². The Kier molecular flexibility index (Phi) is 4.43. The Balaban J connectivity index is 1.56. The van der Waals surface area contributed by atoms with Crippen molar-refractivity contribution in [3.8, 4) is 5.75 Å². The summed E-state index contributed by atoms with van der Waals surface area (Å²) in [4.78, 5) is 0. The van der Waals surface area contributed by atoms with Gasteiger partial charge < -0.3 is 14.6 Å². The van der Waals surface area contributed by atoms with Crippen LogP contribution in [-0.2, 0) is 4.74 Å². The summed E-state index contributed by atoms with van der Waals surface area (Å²) in [5.74, 6) is 0.664. The van der Waals surface area contributed by atoms with E-state index in [1.807, 2.05) is 12.1 Å². The molecule has 1 aliphatic heterocycles. The Hall–Kier alpha value is -0.770. The van der Waals surface area contributed by atoms with E-state index < -0.39 is 6.10 Å². The number of benzene rings is 1. The van der Waals surface area contributed by atoms with Crippen molar-refractivity contribution >= 4 is 11.6 Å². The minimum Gasteiger partial charge on any atom is -0.489 e. The van der Waals surface area contributed by atoms with E-state index in [0.29, 0.717) is 17.4 Å². The van der Waals surface area contributed by atoms with E-state index in [0.717, 1.165) is 18.4 Å². The molecular weight excluding hydrogens is 288 g/mol. The van der Waals surface area contributed by atoms with Gasteiger partial charge in [0, 0.05) is 0 Å². The number of ether oxygens (including phenoxy) is 2. The molecule has 21 heavy (non-hydrogen) atoms. The molecule has 1 spiro atoms. The Morgan fingerprint density at radius 1 is 1.38 bits per heavy atom. The first kappa shape index (κ1) is 15.1. The Morgan fingerprint density at radius 3 is 2.81 bits per heavy atom. The second-order valence-corrected chi connectivity index (χ2v) is 6.75. The molecule has 2 fully saturated rings. The molecule has 116 valence electrons. The number of aliphatic hydroxyl groups excluding tert-OH is 1. The largest absolute Gasteiger partial charge is 0.489 e. The standard InChI is InChI=1S/C17H23ClO3/c1-12(19)13-4-5-16(15(18)10-13)20-11-14-6-9-17(21-14)7-2-3-8-17/h4-5,10,12,14,19H,2-3,6-9,11H2,1H3. The van der Waals surface area contributed by atoms with Gasteiger partial charge in [0.25, 0.3) is 0 Å². The van der Waals surface area contributed by atoms with Crippen LogP contribution in [0.4, 0.5) is 0 Å². The van der Waals surface area contributed by atoms with Gasteiger partial charge in [0.1, 0.15) is 12.4 Å². The molecule has 0 bridgehead atoms.